The van der Waals surface area contributed by atoms with Crippen molar-refractivity contribution in [3.8, 4) is 5.75 Å². The van der Waals surface area contributed by atoms with E-state index in [9.17, 15) is 4.79 Å². The van der Waals surface area contributed by atoms with E-state index < -0.39 is 0 Å². The molecule has 0 spiro atoms. The Kier molecular flexibility index (Phi) is 6.69. The minimum absolute atomic E-state index is 0.0860. The Morgan fingerprint density at radius 1 is 1.55 bits per heavy atom. The van der Waals surface area contributed by atoms with Crippen LogP contribution in [0.2, 0.25) is 0 Å². The third kappa shape index (κ3) is 5.73. The highest BCUT2D eigenvalue weighted by molar-refractivity contribution is 9.10. The van der Waals surface area contributed by atoms with Gasteiger partial charge in [0, 0.05) is 35.0 Å². The fourth-order valence-electron chi connectivity index (χ4n) is 1.96. The largest absolute Gasteiger partial charge is 0.492 e. The van der Waals surface area contributed by atoms with Crippen LogP contribution in [0, 0.1) is 0 Å². The Hall–Kier alpha value is -0.720. The number of amides is 1. The number of carbonyl (C=O) groups excluding carboxylic acids is 1. The molecule has 1 heterocycles. The van der Waals surface area contributed by atoms with E-state index in [0.29, 0.717) is 25.6 Å². The van der Waals surface area contributed by atoms with Gasteiger partial charge in [-0.15, -0.1) is 0 Å². The lowest BCUT2D eigenvalue weighted by atomic mass is 10.2. The number of rotatable bonds is 6. The summed E-state index contributed by atoms with van der Waals surface area (Å²) < 4.78 is 6.55. The molecule has 2 rings (SSSR count). The van der Waals surface area contributed by atoms with E-state index in [2.05, 4.69) is 26.6 Å². The summed E-state index contributed by atoms with van der Waals surface area (Å²) in [4.78, 5) is 11.8. The summed E-state index contributed by atoms with van der Waals surface area (Å²) in [6.45, 7) is 2.01. The zero-order valence-corrected chi connectivity index (χ0v) is 13.6. The molecule has 1 atom stereocenters. The van der Waals surface area contributed by atoms with Crippen molar-refractivity contribution in [2.75, 3.05) is 31.2 Å². The molecule has 1 aromatic carbocycles. The third-order valence-corrected chi connectivity index (χ3v) is 4.54. The van der Waals surface area contributed by atoms with E-state index in [-0.39, 0.29) is 5.91 Å². The molecule has 1 aromatic rings. The first-order valence-electron chi connectivity index (χ1n) is 6.70. The monoisotopic (exact) mass is 358 g/mol. The molecule has 1 unspecified atom stereocenters. The Morgan fingerprint density at radius 2 is 2.45 bits per heavy atom. The molecule has 20 heavy (non-hydrogen) atoms. The summed E-state index contributed by atoms with van der Waals surface area (Å²) in [6.07, 6.45) is 0.546. The van der Waals surface area contributed by atoms with Gasteiger partial charge in [0.2, 0.25) is 5.91 Å². The molecule has 110 valence electrons. The summed E-state index contributed by atoms with van der Waals surface area (Å²) in [6, 6.07) is 7.98. The van der Waals surface area contributed by atoms with E-state index in [1.807, 2.05) is 36.0 Å². The SMILES string of the molecule is O=C(CC1CSCCN1)NCCOc1cccc(Br)c1. The molecule has 0 radical (unpaired) electrons. The molecule has 4 nitrogen and oxygen atoms in total. The maximum atomic E-state index is 11.8. The standard InChI is InChI=1S/C14H19BrN2O2S/c15-11-2-1-3-13(8-11)19-6-4-17-14(18)9-12-10-20-7-5-16-12/h1-3,8,12,16H,4-7,9-10H2,(H,17,18). The molecule has 1 fully saturated rings. The molecular weight excluding hydrogens is 340 g/mol. The fourth-order valence-corrected chi connectivity index (χ4v) is 3.29. The fraction of sp³-hybridized carbons (Fsp3) is 0.500. The molecule has 2 N–H and O–H groups in total. The van der Waals surface area contributed by atoms with Crippen LogP contribution in [-0.2, 0) is 4.79 Å². The van der Waals surface area contributed by atoms with E-state index in [4.69, 9.17) is 4.74 Å². The van der Waals surface area contributed by atoms with Crippen LogP contribution >= 0.6 is 27.7 Å². The minimum Gasteiger partial charge on any atom is -0.492 e. The van der Waals surface area contributed by atoms with Gasteiger partial charge in [-0.1, -0.05) is 22.0 Å². The van der Waals surface area contributed by atoms with Crippen LogP contribution in [0.5, 0.6) is 5.75 Å². The molecule has 0 saturated carbocycles. The number of benzene rings is 1. The van der Waals surface area contributed by atoms with Gasteiger partial charge >= 0.3 is 0 Å². The van der Waals surface area contributed by atoms with Gasteiger partial charge in [0.1, 0.15) is 12.4 Å². The van der Waals surface area contributed by atoms with Gasteiger partial charge in [0.15, 0.2) is 0 Å². The molecule has 0 aliphatic carbocycles. The Balaban J connectivity index is 1.59. The molecule has 6 heteroatoms. The van der Waals surface area contributed by atoms with E-state index in [0.717, 1.165) is 28.3 Å². The van der Waals surface area contributed by atoms with Crippen LogP contribution in [0.4, 0.5) is 0 Å². The summed E-state index contributed by atoms with van der Waals surface area (Å²) >= 11 is 5.29. The summed E-state index contributed by atoms with van der Waals surface area (Å²) in [5.74, 6) is 3.04. The van der Waals surface area contributed by atoms with Crippen molar-refractivity contribution in [2.24, 2.45) is 0 Å². The van der Waals surface area contributed by atoms with Crippen LogP contribution in [-0.4, -0.2) is 43.2 Å². The van der Waals surface area contributed by atoms with Crippen LogP contribution < -0.4 is 15.4 Å². The maximum absolute atomic E-state index is 11.8. The van der Waals surface area contributed by atoms with Crippen LogP contribution in [0.1, 0.15) is 6.42 Å². The molecule has 1 aliphatic heterocycles. The predicted octanol–water partition coefficient (Wildman–Crippen LogP) is 2.04. The lowest BCUT2D eigenvalue weighted by molar-refractivity contribution is -0.121. The van der Waals surface area contributed by atoms with E-state index >= 15 is 0 Å². The van der Waals surface area contributed by atoms with Crippen molar-refractivity contribution in [3.05, 3.63) is 28.7 Å². The van der Waals surface area contributed by atoms with Crippen molar-refractivity contribution in [1.29, 1.82) is 0 Å². The molecule has 1 saturated heterocycles. The zero-order valence-electron chi connectivity index (χ0n) is 11.2. The van der Waals surface area contributed by atoms with Crippen LogP contribution in [0.3, 0.4) is 0 Å². The lowest BCUT2D eigenvalue weighted by Crippen LogP contribution is -2.41. The number of hydrogen-bond donors (Lipinski definition) is 2. The molecule has 1 amide bonds. The van der Waals surface area contributed by atoms with Gasteiger partial charge in [0.05, 0.1) is 6.54 Å². The second-order valence-electron chi connectivity index (χ2n) is 4.59. The quantitative estimate of drug-likeness (QED) is 0.764. The highest BCUT2D eigenvalue weighted by Crippen LogP contribution is 2.17. The van der Waals surface area contributed by atoms with Crippen molar-refractivity contribution in [3.63, 3.8) is 0 Å². The van der Waals surface area contributed by atoms with Crippen LogP contribution in [0.15, 0.2) is 28.7 Å². The Morgan fingerprint density at radius 3 is 3.20 bits per heavy atom. The van der Waals surface area contributed by atoms with Crippen molar-refractivity contribution in [1.82, 2.24) is 10.6 Å². The van der Waals surface area contributed by atoms with Crippen molar-refractivity contribution >= 4 is 33.6 Å². The van der Waals surface area contributed by atoms with E-state index in [1.165, 1.54) is 0 Å². The number of nitrogens with one attached hydrogen (secondary N) is 2. The number of halogens is 1. The topological polar surface area (TPSA) is 50.4 Å². The molecular formula is C14H19BrN2O2S. The average molecular weight is 359 g/mol. The van der Waals surface area contributed by atoms with Crippen molar-refractivity contribution < 1.29 is 9.53 Å². The first kappa shape index (κ1) is 15.7. The summed E-state index contributed by atoms with van der Waals surface area (Å²) in [7, 11) is 0. The highest BCUT2D eigenvalue weighted by Gasteiger charge is 2.16. The maximum Gasteiger partial charge on any atom is 0.221 e. The molecule has 0 bridgehead atoms. The van der Waals surface area contributed by atoms with Gasteiger partial charge < -0.3 is 15.4 Å². The first-order valence-corrected chi connectivity index (χ1v) is 8.65. The molecule has 0 aromatic heterocycles. The van der Waals surface area contributed by atoms with E-state index in [1.54, 1.807) is 0 Å². The first-order chi connectivity index (χ1) is 9.74. The van der Waals surface area contributed by atoms with Gasteiger partial charge in [-0.05, 0) is 18.2 Å². The second kappa shape index (κ2) is 8.54. The van der Waals surface area contributed by atoms with Gasteiger partial charge in [-0.3, -0.25) is 4.79 Å². The molecule has 1 aliphatic rings. The third-order valence-electron chi connectivity index (χ3n) is 2.92. The van der Waals surface area contributed by atoms with Gasteiger partial charge in [-0.2, -0.15) is 11.8 Å². The Bertz CT molecular complexity index is 439. The van der Waals surface area contributed by atoms with Crippen LogP contribution in [0.25, 0.3) is 0 Å². The Labute approximate surface area is 132 Å². The lowest BCUT2D eigenvalue weighted by Gasteiger charge is -2.22. The highest BCUT2D eigenvalue weighted by atomic mass is 79.9. The smallest absolute Gasteiger partial charge is 0.221 e. The predicted molar refractivity (Wildman–Crippen MR) is 86.4 cm³/mol. The summed E-state index contributed by atoms with van der Waals surface area (Å²) in [5.41, 5.74) is 0. The number of hydrogen-bond acceptors (Lipinski definition) is 4. The number of carbonyl (C=O) groups is 1. The summed E-state index contributed by atoms with van der Waals surface area (Å²) in [5, 5.41) is 6.24. The minimum atomic E-state index is 0.0860. The number of thioether (sulfide) groups is 1. The number of ether oxygens (including phenoxy) is 1. The second-order valence-corrected chi connectivity index (χ2v) is 6.65. The zero-order chi connectivity index (χ0) is 14.2. The normalized spacial score (nSPS) is 18.6. The average Bonchev–Trinajstić information content (AvgIpc) is 2.45. The van der Waals surface area contributed by atoms with Gasteiger partial charge in [0.25, 0.3) is 0 Å². The van der Waals surface area contributed by atoms with Gasteiger partial charge in [-0.25, -0.2) is 0 Å². The van der Waals surface area contributed by atoms with Crippen molar-refractivity contribution in [2.45, 2.75) is 12.5 Å².